The highest BCUT2D eigenvalue weighted by atomic mass is 32.2. The average Bonchev–Trinajstić information content (AvgIpc) is 3.18. The number of benzene rings is 2. The average molecular weight is 498 g/mol. The molecule has 2 aromatic rings. The molecule has 0 unspecified atom stereocenters. The number of rotatable bonds is 7. The van der Waals surface area contributed by atoms with Gasteiger partial charge in [-0.3, -0.25) is 9.59 Å². The first-order valence-electron chi connectivity index (χ1n) is 12.5. The molecular weight excluding hydrogens is 462 g/mol. The molecule has 2 aromatic carbocycles. The number of carbonyl (C=O) groups is 2. The number of sulfonamides is 1. The zero-order valence-corrected chi connectivity index (χ0v) is 21.5. The van der Waals surface area contributed by atoms with E-state index < -0.39 is 10.0 Å². The monoisotopic (exact) mass is 497 g/mol. The van der Waals surface area contributed by atoms with Crippen LogP contribution in [0.5, 0.6) is 0 Å². The van der Waals surface area contributed by atoms with E-state index in [1.807, 2.05) is 31.2 Å². The van der Waals surface area contributed by atoms with Crippen molar-refractivity contribution in [1.29, 1.82) is 0 Å². The predicted octanol–water partition coefficient (Wildman–Crippen LogP) is 4.27. The number of fused-ring (bicyclic) bond motifs is 1. The van der Waals surface area contributed by atoms with Gasteiger partial charge in [-0.2, -0.15) is 0 Å². The normalized spacial score (nSPS) is 22.0. The number of nitrogens with one attached hydrogen (secondary N) is 2. The smallest absolute Gasteiger partial charge is 0.240 e. The molecule has 1 saturated carbocycles. The van der Waals surface area contributed by atoms with Crippen LogP contribution in [-0.4, -0.2) is 32.8 Å². The Kier molecular flexibility index (Phi) is 7.62. The van der Waals surface area contributed by atoms with Crippen LogP contribution in [0.2, 0.25) is 0 Å². The molecule has 0 aromatic heterocycles. The molecule has 2 N–H and O–H groups in total. The predicted molar refractivity (Wildman–Crippen MR) is 138 cm³/mol. The van der Waals surface area contributed by atoms with Crippen LogP contribution in [-0.2, 0) is 32.5 Å². The Bertz CT molecular complexity index is 1200. The second-order valence-electron chi connectivity index (χ2n) is 9.85. The first-order chi connectivity index (χ1) is 16.7. The van der Waals surface area contributed by atoms with Crippen molar-refractivity contribution in [1.82, 2.24) is 4.72 Å². The van der Waals surface area contributed by atoms with E-state index >= 15 is 0 Å². The second-order valence-corrected chi connectivity index (χ2v) is 11.6. The summed E-state index contributed by atoms with van der Waals surface area (Å²) in [6.45, 7) is 5.94. The van der Waals surface area contributed by atoms with Crippen LogP contribution < -0.4 is 14.9 Å². The molecule has 2 aliphatic rings. The maximum absolute atomic E-state index is 12.9. The molecule has 1 atom stereocenters. The summed E-state index contributed by atoms with van der Waals surface area (Å²) >= 11 is 0. The van der Waals surface area contributed by atoms with Crippen LogP contribution in [0.15, 0.2) is 47.4 Å². The lowest BCUT2D eigenvalue weighted by Gasteiger charge is -2.28. The van der Waals surface area contributed by atoms with Crippen molar-refractivity contribution in [3.8, 4) is 0 Å². The molecule has 0 radical (unpaired) electrons. The topological polar surface area (TPSA) is 95.6 Å². The van der Waals surface area contributed by atoms with Crippen molar-refractivity contribution in [3.63, 3.8) is 0 Å². The number of hydrogen-bond donors (Lipinski definition) is 2. The van der Waals surface area contributed by atoms with E-state index in [2.05, 4.69) is 17.0 Å². The first kappa shape index (κ1) is 25.4. The number of nitrogens with zero attached hydrogens (tertiary/aromatic N) is 1. The first-order valence-corrected chi connectivity index (χ1v) is 14.0. The van der Waals surface area contributed by atoms with E-state index in [9.17, 15) is 18.0 Å². The Hall–Kier alpha value is -2.71. The molecule has 1 heterocycles. The Morgan fingerprint density at radius 1 is 1.06 bits per heavy atom. The van der Waals surface area contributed by atoms with Crippen molar-refractivity contribution >= 4 is 33.2 Å². The van der Waals surface area contributed by atoms with Crippen LogP contribution in [0.3, 0.4) is 0 Å². The van der Waals surface area contributed by atoms with E-state index in [4.69, 9.17) is 0 Å². The summed E-state index contributed by atoms with van der Waals surface area (Å²) in [5, 5.41) is 3.04. The Labute approximate surface area is 208 Å². The van der Waals surface area contributed by atoms with Gasteiger partial charge in [0.2, 0.25) is 21.8 Å². The summed E-state index contributed by atoms with van der Waals surface area (Å²) in [6, 6.07) is 12.9. The van der Waals surface area contributed by atoms with E-state index in [1.165, 1.54) is 12.5 Å². The van der Waals surface area contributed by atoms with Crippen molar-refractivity contribution in [3.05, 3.63) is 53.6 Å². The third kappa shape index (κ3) is 5.76. The van der Waals surface area contributed by atoms with Gasteiger partial charge < -0.3 is 10.2 Å². The molecule has 0 bridgehead atoms. The van der Waals surface area contributed by atoms with Crippen molar-refractivity contribution < 1.29 is 18.0 Å². The Balaban J connectivity index is 1.29. The van der Waals surface area contributed by atoms with Gasteiger partial charge in [0.15, 0.2) is 0 Å². The van der Waals surface area contributed by atoms with Crippen molar-refractivity contribution in [2.45, 2.75) is 70.2 Å². The zero-order valence-electron chi connectivity index (χ0n) is 20.7. The largest absolute Gasteiger partial charge is 0.326 e. The second kappa shape index (κ2) is 10.5. The summed E-state index contributed by atoms with van der Waals surface area (Å²) in [5.41, 5.74) is 3.70. The molecule has 35 heavy (non-hydrogen) atoms. The Morgan fingerprint density at radius 3 is 2.49 bits per heavy atom. The fraction of sp³-hybridized carbons (Fsp3) is 0.481. The lowest BCUT2D eigenvalue weighted by molar-refractivity contribution is -0.121. The summed E-state index contributed by atoms with van der Waals surface area (Å²) in [4.78, 5) is 26.6. The van der Waals surface area contributed by atoms with Gasteiger partial charge in [0.1, 0.15) is 0 Å². The van der Waals surface area contributed by atoms with E-state index in [0.29, 0.717) is 13.0 Å². The molecular formula is C27H35N3O4S. The van der Waals surface area contributed by atoms with Crippen molar-refractivity contribution in [2.24, 2.45) is 11.8 Å². The van der Waals surface area contributed by atoms with Gasteiger partial charge in [0.25, 0.3) is 0 Å². The maximum atomic E-state index is 12.9. The molecule has 7 nitrogen and oxygen atoms in total. The lowest BCUT2D eigenvalue weighted by Crippen LogP contribution is -2.34. The maximum Gasteiger partial charge on any atom is 0.240 e. The highest BCUT2D eigenvalue weighted by Gasteiger charge is 2.31. The number of amides is 2. The summed E-state index contributed by atoms with van der Waals surface area (Å²) in [7, 11) is -3.65. The molecule has 2 amide bonds. The fourth-order valence-corrected chi connectivity index (χ4v) is 6.47. The summed E-state index contributed by atoms with van der Waals surface area (Å²) in [5.74, 6) is 0.170. The van der Waals surface area contributed by atoms with Gasteiger partial charge in [0, 0.05) is 36.8 Å². The van der Waals surface area contributed by atoms with Gasteiger partial charge >= 0.3 is 0 Å². The number of hydrogen-bond acceptors (Lipinski definition) is 4. The summed E-state index contributed by atoms with van der Waals surface area (Å²) in [6.07, 6.45) is 4.70. The van der Waals surface area contributed by atoms with E-state index in [-0.39, 0.29) is 34.6 Å². The molecule has 1 fully saturated rings. The quantitative estimate of drug-likeness (QED) is 0.597. The van der Waals surface area contributed by atoms with Gasteiger partial charge in [0.05, 0.1) is 4.90 Å². The van der Waals surface area contributed by atoms with Gasteiger partial charge in [-0.05, 0) is 92.8 Å². The lowest BCUT2D eigenvalue weighted by atomic mass is 9.81. The molecule has 1 aliphatic heterocycles. The van der Waals surface area contributed by atoms with Gasteiger partial charge in [-0.25, -0.2) is 13.1 Å². The molecule has 188 valence electrons. The fourth-order valence-electron chi connectivity index (χ4n) is 5.31. The minimum atomic E-state index is -3.65. The SMILES string of the molecule is CCc1cccc(NC(=O)C2CCC(CNS(=O)(=O)c3ccc4c(c3)C[C@H](C)N4C(C)=O)CC2)c1. The highest BCUT2D eigenvalue weighted by Crippen LogP contribution is 2.34. The Morgan fingerprint density at radius 2 is 1.80 bits per heavy atom. The third-order valence-corrected chi connectivity index (χ3v) is 8.72. The molecule has 0 spiro atoms. The van der Waals surface area contributed by atoms with Crippen molar-refractivity contribution in [2.75, 3.05) is 16.8 Å². The van der Waals surface area contributed by atoms with Crippen LogP contribution >= 0.6 is 0 Å². The molecule has 8 heteroatoms. The summed E-state index contributed by atoms with van der Waals surface area (Å²) < 4.78 is 28.7. The van der Waals surface area contributed by atoms with Gasteiger partial charge in [-0.1, -0.05) is 19.1 Å². The van der Waals surface area contributed by atoms with Crippen LogP contribution in [0, 0.1) is 11.8 Å². The number of aryl methyl sites for hydroxylation is 1. The minimum absolute atomic E-state index is 0.0244. The van der Waals surface area contributed by atoms with E-state index in [1.54, 1.807) is 23.1 Å². The van der Waals surface area contributed by atoms with Crippen LogP contribution in [0.1, 0.15) is 57.6 Å². The van der Waals surface area contributed by atoms with Gasteiger partial charge in [-0.15, -0.1) is 0 Å². The molecule has 1 aliphatic carbocycles. The van der Waals surface area contributed by atoms with Crippen LogP contribution in [0.25, 0.3) is 0 Å². The standard InChI is InChI=1S/C27H35N3O4S/c1-4-20-6-5-7-24(15-20)29-27(32)22-10-8-21(9-11-22)17-28-35(33,34)25-12-13-26-23(16-25)14-18(2)30(26)19(3)31/h5-7,12-13,15-16,18,21-22,28H,4,8-11,14,17H2,1-3H3,(H,29,32)/t18-,21?,22?/m0/s1. The molecule has 0 saturated heterocycles. The van der Waals surface area contributed by atoms with E-state index in [0.717, 1.165) is 49.0 Å². The molecule has 4 rings (SSSR count). The zero-order chi connectivity index (χ0) is 25.2. The number of anilines is 2. The van der Waals surface area contributed by atoms with Crippen LogP contribution in [0.4, 0.5) is 11.4 Å². The highest BCUT2D eigenvalue weighted by molar-refractivity contribution is 7.89. The number of carbonyl (C=O) groups excluding carboxylic acids is 2. The third-order valence-electron chi connectivity index (χ3n) is 7.30. The minimum Gasteiger partial charge on any atom is -0.326 e.